The minimum atomic E-state index is -3.74. The standard InChI is InChI=1S/C23H22BFN6O2S/c24-20-14-28-31-22(27-13-16-3-1-9-26-12-16)11-21(29-23(20)31)17-4-2-10-30(15-17)34(32,33)19-7-5-18(25)6-8-19/h1,3,5-9,11-12,14,17,27H,2,4,10,13,15H2. The molecule has 1 fully saturated rings. The quantitative estimate of drug-likeness (QED) is 0.430. The van der Waals surface area contributed by atoms with Gasteiger partial charge in [-0.25, -0.2) is 17.8 Å². The molecule has 1 atom stereocenters. The fraction of sp³-hybridized carbons (Fsp3) is 0.261. The number of hydrogen-bond donors (Lipinski definition) is 1. The van der Waals surface area contributed by atoms with Crippen molar-refractivity contribution in [3.05, 3.63) is 78.1 Å². The van der Waals surface area contributed by atoms with Crippen molar-refractivity contribution in [2.24, 2.45) is 0 Å². The molecule has 1 aliphatic rings. The molecule has 4 heterocycles. The van der Waals surface area contributed by atoms with E-state index in [1.54, 1.807) is 23.1 Å². The minimum absolute atomic E-state index is 0.0804. The molecule has 4 aromatic rings. The number of fused-ring (bicyclic) bond motifs is 1. The first-order chi connectivity index (χ1) is 16.4. The summed E-state index contributed by atoms with van der Waals surface area (Å²) in [6.45, 7) is 1.21. The van der Waals surface area contributed by atoms with Gasteiger partial charge in [-0.05, 0) is 54.2 Å². The fourth-order valence-electron chi connectivity index (χ4n) is 4.19. The first kappa shape index (κ1) is 22.5. The van der Waals surface area contributed by atoms with Gasteiger partial charge in [0.25, 0.3) is 0 Å². The van der Waals surface area contributed by atoms with Crippen LogP contribution in [0.3, 0.4) is 0 Å². The molecule has 1 saturated heterocycles. The van der Waals surface area contributed by atoms with Gasteiger partial charge in [0.15, 0.2) is 5.65 Å². The summed E-state index contributed by atoms with van der Waals surface area (Å²) in [6.07, 6.45) is 6.52. The molecule has 172 valence electrons. The Morgan fingerprint density at radius 1 is 1.18 bits per heavy atom. The van der Waals surface area contributed by atoms with E-state index < -0.39 is 15.8 Å². The zero-order valence-electron chi connectivity index (χ0n) is 18.3. The van der Waals surface area contributed by atoms with Crippen LogP contribution in [0.1, 0.15) is 30.0 Å². The van der Waals surface area contributed by atoms with Crippen LogP contribution in [0.15, 0.2) is 66.0 Å². The van der Waals surface area contributed by atoms with E-state index in [1.165, 1.54) is 16.4 Å². The van der Waals surface area contributed by atoms with Crippen molar-refractivity contribution in [2.75, 3.05) is 18.4 Å². The van der Waals surface area contributed by atoms with Crippen LogP contribution in [0.4, 0.5) is 10.2 Å². The maximum absolute atomic E-state index is 13.3. The Kier molecular flexibility index (Phi) is 6.05. The van der Waals surface area contributed by atoms with Crippen LogP contribution in [0.5, 0.6) is 0 Å². The number of piperidine rings is 1. The van der Waals surface area contributed by atoms with Crippen molar-refractivity contribution < 1.29 is 12.8 Å². The summed E-state index contributed by atoms with van der Waals surface area (Å²) in [5.74, 6) is 0.110. The van der Waals surface area contributed by atoms with Crippen LogP contribution >= 0.6 is 0 Å². The van der Waals surface area contributed by atoms with Crippen LogP contribution in [0, 0.1) is 5.82 Å². The summed E-state index contributed by atoms with van der Waals surface area (Å²) in [5, 5.41) is 7.70. The van der Waals surface area contributed by atoms with Gasteiger partial charge in [0.1, 0.15) is 19.5 Å². The first-order valence-electron chi connectivity index (χ1n) is 10.9. The van der Waals surface area contributed by atoms with Gasteiger partial charge in [-0.1, -0.05) is 6.07 Å². The van der Waals surface area contributed by atoms with Crippen molar-refractivity contribution in [3.63, 3.8) is 0 Å². The lowest BCUT2D eigenvalue weighted by atomic mass is 9.95. The number of halogens is 1. The number of sulfonamides is 1. The Morgan fingerprint density at radius 2 is 2.00 bits per heavy atom. The third-order valence-corrected chi connectivity index (χ3v) is 7.85. The number of nitrogens with one attached hydrogen (secondary N) is 1. The van der Waals surface area contributed by atoms with Gasteiger partial charge in [0, 0.05) is 50.2 Å². The van der Waals surface area contributed by atoms with E-state index in [9.17, 15) is 12.8 Å². The third kappa shape index (κ3) is 4.40. The van der Waals surface area contributed by atoms with Crippen LogP contribution in [-0.2, 0) is 16.6 Å². The summed E-state index contributed by atoms with van der Waals surface area (Å²) < 4.78 is 42.7. The fourth-order valence-corrected chi connectivity index (χ4v) is 5.71. The number of nitrogens with zero attached hydrogens (tertiary/aromatic N) is 5. The Labute approximate surface area is 198 Å². The second kappa shape index (κ2) is 9.15. The van der Waals surface area contributed by atoms with E-state index >= 15 is 0 Å². The van der Waals surface area contributed by atoms with Gasteiger partial charge in [-0.3, -0.25) is 4.98 Å². The Hall–Kier alpha value is -3.31. The molecule has 0 saturated carbocycles. The summed E-state index contributed by atoms with van der Waals surface area (Å²) >= 11 is 0. The molecule has 1 unspecified atom stereocenters. The van der Waals surface area contributed by atoms with Crippen molar-refractivity contribution in [3.8, 4) is 0 Å². The molecule has 1 aromatic carbocycles. The largest absolute Gasteiger partial charge is 0.366 e. The summed E-state index contributed by atoms with van der Waals surface area (Å²) in [7, 11) is 2.37. The second-order valence-corrected chi connectivity index (χ2v) is 10.2. The van der Waals surface area contributed by atoms with E-state index in [4.69, 9.17) is 12.8 Å². The van der Waals surface area contributed by atoms with E-state index in [2.05, 4.69) is 15.4 Å². The molecule has 3 aromatic heterocycles. The average Bonchev–Trinajstić information content (AvgIpc) is 3.24. The second-order valence-electron chi connectivity index (χ2n) is 8.27. The Bertz CT molecular complexity index is 1410. The van der Waals surface area contributed by atoms with Crippen molar-refractivity contribution in [1.29, 1.82) is 0 Å². The maximum Gasteiger partial charge on any atom is 0.243 e. The first-order valence-corrected chi connectivity index (χ1v) is 12.4. The molecule has 0 aliphatic carbocycles. The number of aromatic nitrogens is 4. The molecule has 0 amide bonds. The van der Waals surface area contributed by atoms with Crippen LogP contribution in [-0.4, -0.2) is 53.2 Å². The molecular weight excluding hydrogens is 454 g/mol. The number of hydrogen-bond acceptors (Lipinski definition) is 6. The predicted octanol–water partition coefficient (Wildman–Crippen LogP) is 2.24. The van der Waals surface area contributed by atoms with Gasteiger partial charge in [0.2, 0.25) is 10.0 Å². The van der Waals surface area contributed by atoms with Crippen molar-refractivity contribution >= 4 is 34.8 Å². The van der Waals surface area contributed by atoms with Gasteiger partial charge in [-0.2, -0.15) is 13.9 Å². The van der Waals surface area contributed by atoms with E-state index in [0.717, 1.165) is 29.8 Å². The topological polar surface area (TPSA) is 92.5 Å². The number of pyridine rings is 1. The van der Waals surface area contributed by atoms with Crippen molar-refractivity contribution in [2.45, 2.75) is 30.2 Å². The SMILES string of the molecule is [B]c1cnn2c(NCc3cccnc3)cc(C3CCCN(S(=O)(=O)c4ccc(F)cc4)C3)nc12. The molecule has 5 rings (SSSR count). The number of anilines is 1. The molecule has 34 heavy (non-hydrogen) atoms. The van der Waals surface area contributed by atoms with Crippen molar-refractivity contribution in [1.82, 2.24) is 23.9 Å². The van der Waals surface area contributed by atoms with Gasteiger partial charge in [-0.15, -0.1) is 0 Å². The highest BCUT2D eigenvalue weighted by molar-refractivity contribution is 7.89. The van der Waals surface area contributed by atoms with E-state index in [0.29, 0.717) is 36.4 Å². The summed E-state index contributed by atoms with van der Waals surface area (Å²) in [5.41, 5.74) is 2.71. The normalized spacial score (nSPS) is 17.1. The average molecular weight is 476 g/mol. The smallest absolute Gasteiger partial charge is 0.243 e. The highest BCUT2D eigenvalue weighted by Gasteiger charge is 2.32. The lowest BCUT2D eigenvalue weighted by Gasteiger charge is -2.32. The molecular formula is C23H22BFN6O2S. The molecule has 11 heteroatoms. The minimum Gasteiger partial charge on any atom is -0.366 e. The summed E-state index contributed by atoms with van der Waals surface area (Å²) in [4.78, 5) is 8.94. The monoisotopic (exact) mass is 476 g/mol. The molecule has 0 spiro atoms. The Balaban J connectivity index is 1.44. The van der Waals surface area contributed by atoms with Crippen LogP contribution < -0.4 is 10.8 Å². The number of benzene rings is 1. The molecule has 8 nitrogen and oxygen atoms in total. The van der Waals surface area contributed by atoms with E-state index in [-0.39, 0.29) is 17.4 Å². The summed E-state index contributed by atoms with van der Waals surface area (Å²) in [6, 6.07) is 10.6. The van der Waals surface area contributed by atoms with E-state index in [1.807, 2.05) is 18.2 Å². The molecule has 1 aliphatic heterocycles. The molecule has 2 radical (unpaired) electrons. The lowest BCUT2D eigenvalue weighted by molar-refractivity contribution is 0.313. The molecule has 1 N–H and O–H groups in total. The van der Waals surface area contributed by atoms with Crippen LogP contribution in [0.25, 0.3) is 5.65 Å². The zero-order valence-corrected chi connectivity index (χ0v) is 19.1. The van der Waals surface area contributed by atoms with Crippen LogP contribution in [0.2, 0.25) is 0 Å². The Morgan fingerprint density at radius 3 is 2.76 bits per heavy atom. The van der Waals surface area contributed by atoms with Gasteiger partial charge in [0.05, 0.1) is 10.6 Å². The third-order valence-electron chi connectivity index (χ3n) is 5.97. The highest BCUT2D eigenvalue weighted by atomic mass is 32.2. The number of rotatable bonds is 6. The molecule has 0 bridgehead atoms. The van der Waals surface area contributed by atoms with Gasteiger partial charge >= 0.3 is 0 Å². The maximum atomic E-state index is 13.3. The predicted molar refractivity (Wildman–Crippen MR) is 127 cm³/mol. The highest BCUT2D eigenvalue weighted by Crippen LogP contribution is 2.31. The van der Waals surface area contributed by atoms with Gasteiger partial charge < -0.3 is 5.32 Å². The lowest BCUT2D eigenvalue weighted by Crippen LogP contribution is -2.39. The zero-order chi connectivity index (χ0) is 23.7.